The van der Waals surface area contributed by atoms with Gasteiger partial charge in [-0.25, -0.2) is 4.39 Å². The van der Waals surface area contributed by atoms with Gasteiger partial charge in [-0.15, -0.1) is 0 Å². The quantitative estimate of drug-likeness (QED) is 0.573. The third-order valence-corrected chi connectivity index (χ3v) is 1.20. The lowest BCUT2D eigenvalue weighted by atomic mass is 10.2. The number of aryl methyl sites for hydroxylation is 1. The van der Waals surface area contributed by atoms with Crippen LogP contribution in [0.15, 0.2) is 18.2 Å². The topological polar surface area (TPSA) is 26.0 Å². The third-order valence-electron chi connectivity index (χ3n) is 1.20. The van der Waals surface area contributed by atoms with Crippen molar-refractivity contribution in [3.8, 4) is 0 Å². The largest absolute Gasteiger partial charge is 0.399 e. The Bertz CT molecular complexity index is 221. The Kier molecular flexibility index (Phi) is 4.27. The fourth-order valence-corrected chi connectivity index (χ4v) is 0.609. The molecule has 0 unspecified atom stereocenters. The molecule has 0 saturated heterocycles. The van der Waals surface area contributed by atoms with E-state index >= 15 is 0 Å². The highest BCUT2D eigenvalue weighted by molar-refractivity contribution is 5.39. The van der Waals surface area contributed by atoms with E-state index in [0.717, 1.165) is 0 Å². The first-order valence-corrected chi connectivity index (χ1v) is 3.72. The highest BCUT2D eigenvalue weighted by Gasteiger charge is 1.93. The highest BCUT2D eigenvalue weighted by Crippen LogP contribution is 2.09. The van der Waals surface area contributed by atoms with Gasteiger partial charge in [0.1, 0.15) is 5.82 Å². The molecule has 0 saturated carbocycles. The number of nitrogen functional groups attached to an aromatic ring is 1. The Morgan fingerprint density at radius 2 is 1.82 bits per heavy atom. The maximum atomic E-state index is 12.5. The predicted molar refractivity (Wildman–Crippen MR) is 46.9 cm³/mol. The molecule has 0 atom stereocenters. The fourth-order valence-electron chi connectivity index (χ4n) is 0.609. The van der Waals surface area contributed by atoms with Crippen LogP contribution in [0.3, 0.4) is 0 Å². The summed E-state index contributed by atoms with van der Waals surface area (Å²) in [5.74, 6) is -0.241. The van der Waals surface area contributed by atoms with Crippen LogP contribution in [0.5, 0.6) is 0 Å². The van der Waals surface area contributed by atoms with Gasteiger partial charge in [0.25, 0.3) is 0 Å². The van der Waals surface area contributed by atoms with Crippen molar-refractivity contribution in [2.24, 2.45) is 0 Å². The molecule has 0 aromatic heterocycles. The Hall–Kier alpha value is -1.05. The van der Waals surface area contributed by atoms with Crippen LogP contribution in [0.2, 0.25) is 0 Å². The predicted octanol–water partition coefficient (Wildman–Crippen LogP) is 2.74. The summed E-state index contributed by atoms with van der Waals surface area (Å²) in [5, 5.41) is 0. The average molecular weight is 155 g/mol. The summed E-state index contributed by atoms with van der Waals surface area (Å²) in [6.45, 7) is 5.70. The normalized spacial score (nSPS) is 8.36. The Morgan fingerprint density at radius 1 is 1.27 bits per heavy atom. The van der Waals surface area contributed by atoms with Gasteiger partial charge >= 0.3 is 0 Å². The van der Waals surface area contributed by atoms with Gasteiger partial charge in [0, 0.05) is 5.69 Å². The van der Waals surface area contributed by atoms with Crippen molar-refractivity contribution in [1.29, 1.82) is 0 Å². The van der Waals surface area contributed by atoms with Crippen LogP contribution in [0.25, 0.3) is 0 Å². The molecular formula is C9H14FN. The van der Waals surface area contributed by atoms with Gasteiger partial charge in [0.15, 0.2) is 0 Å². The summed E-state index contributed by atoms with van der Waals surface area (Å²) >= 11 is 0. The van der Waals surface area contributed by atoms with Crippen LogP contribution in [0, 0.1) is 12.7 Å². The van der Waals surface area contributed by atoms with Crippen molar-refractivity contribution in [3.63, 3.8) is 0 Å². The molecule has 1 aromatic carbocycles. The summed E-state index contributed by atoms with van der Waals surface area (Å²) in [5.41, 5.74) is 6.39. The second-order valence-electron chi connectivity index (χ2n) is 2.01. The SMILES string of the molecule is CC.Cc1ccc(N)cc1F. The van der Waals surface area contributed by atoms with Gasteiger partial charge < -0.3 is 5.73 Å². The van der Waals surface area contributed by atoms with Crippen molar-refractivity contribution in [2.45, 2.75) is 20.8 Å². The molecule has 1 rings (SSSR count). The first-order valence-electron chi connectivity index (χ1n) is 3.72. The standard InChI is InChI=1S/C7H8FN.C2H6/c1-5-2-3-6(9)4-7(5)8;1-2/h2-4H,9H2,1H3;1-2H3. The molecule has 2 N–H and O–H groups in total. The van der Waals surface area contributed by atoms with E-state index in [2.05, 4.69) is 0 Å². The maximum absolute atomic E-state index is 12.5. The number of nitrogens with two attached hydrogens (primary N) is 1. The number of hydrogen-bond donors (Lipinski definition) is 1. The minimum Gasteiger partial charge on any atom is -0.399 e. The van der Waals surface area contributed by atoms with Crippen LogP contribution >= 0.6 is 0 Å². The average Bonchev–Trinajstić information content (AvgIpc) is 2.02. The molecule has 0 aliphatic heterocycles. The molecule has 1 nitrogen and oxygen atoms in total. The molecular weight excluding hydrogens is 141 g/mol. The monoisotopic (exact) mass is 155 g/mol. The number of anilines is 1. The molecule has 0 aliphatic rings. The van der Waals surface area contributed by atoms with E-state index in [-0.39, 0.29) is 5.82 Å². The third kappa shape index (κ3) is 3.03. The molecule has 0 amide bonds. The molecule has 0 aliphatic carbocycles. The van der Waals surface area contributed by atoms with E-state index in [1.54, 1.807) is 19.1 Å². The molecule has 1 aromatic rings. The second-order valence-corrected chi connectivity index (χ2v) is 2.01. The number of hydrogen-bond acceptors (Lipinski definition) is 1. The van der Waals surface area contributed by atoms with E-state index in [1.165, 1.54) is 6.07 Å². The summed E-state index contributed by atoms with van der Waals surface area (Å²) < 4.78 is 12.5. The molecule has 2 heteroatoms. The van der Waals surface area contributed by atoms with Crippen molar-refractivity contribution in [3.05, 3.63) is 29.6 Å². The lowest BCUT2D eigenvalue weighted by Crippen LogP contribution is -1.87. The molecule has 62 valence electrons. The molecule has 0 bridgehead atoms. The zero-order valence-electron chi connectivity index (χ0n) is 7.19. The van der Waals surface area contributed by atoms with Gasteiger partial charge in [-0.1, -0.05) is 19.9 Å². The molecule has 11 heavy (non-hydrogen) atoms. The highest BCUT2D eigenvalue weighted by atomic mass is 19.1. The van der Waals surface area contributed by atoms with Crippen molar-refractivity contribution in [1.82, 2.24) is 0 Å². The maximum Gasteiger partial charge on any atom is 0.128 e. The number of halogens is 1. The van der Waals surface area contributed by atoms with E-state index in [4.69, 9.17) is 5.73 Å². The fraction of sp³-hybridized carbons (Fsp3) is 0.333. The molecule has 0 radical (unpaired) electrons. The van der Waals surface area contributed by atoms with Crippen LogP contribution < -0.4 is 5.73 Å². The van der Waals surface area contributed by atoms with Crippen molar-refractivity contribution < 1.29 is 4.39 Å². The molecule has 0 spiro atoms. The number of benzene rings is 1. The molecule has 0 heterocycles. The van der Waals surface area contributed by atoms with E-state index in [1.807, 2.05) is 13.8 Å². The first kappa shape index (κ1) is 9.95. The van der Waals surface area contributed by atoms with E-state index < -0.39 is 0 Å². The first-order chi connectivity index (χ1) is 5.20. The van der Waals surface area contributed by atoms with E-state index in [9.17, 15) is 4.39 Å². The van der Waals surface area contributed by atoms with E-state index in [0.29, 0.717) is 11.3 Å². The zero-order valence-corrected chi connectivity index (χ0v) is 7.19. The van der Waals surface area contributed by atoms with Gasteiger partial charge in [-0.2, -0.15) is 0 Å². The van der Waals surface area contributed by atoms with Gasteiger partial charge in [-0.05, 0) is 24.6 Å². The van der Waals surface area contributed by atoms with Gasteiger partial charge in [-0.3, -0.25) is 0 Å². The minimum absolute atomic E-state index is 0.241. The van der Waals surface area contributed by atoms with Gasteiger partial charge in [0.05, 0.1) is 0 Å². The lowest BCUT2D eigenvalue weighted by molar-refractivity contribution is 0.619. The Labute approximate surface area is 67.0 Å². The zero-order chi connectivity index (χ0) is 8.85. The Morgan fingerprint density at radius 3 is 2.18 bits per heavy atom. The molecule has 0 fully saturated rings. The van der Waals surface area contributed by atoms with Crippen molar-refractivity contribution in [2.75, 3.05) is 5.73 Å². The Balaban J connectivity index is 0.000000461. The van der Waals surface area contributed by atoms with Crippen LogP contribution in [-0.4, -0.2) is 0 Å². The summed E-state index contributed by atoms with van der Waals surface area (Å²) in [6, 6.07) is 4.65. The summed E-state index contributed by atoms with van der Waals surface area (Å²) in [6.07, 6.45) is 0. The summed E-state index contributed by atoms with van der Waals surface area (Å²) in [4.78, 5) is 0. The van der Waals surface area contributed by atoms with Crippen LogP contribution in [0.4, 0.5) is 10.1 Å². The van der Waals surface area contributed by atoms with Crippen LogP contribution in [0.1, 0.15) is 19.4 Å². The lowest BCUT2D eigenvalue weighted by Gasteiger charge is -1.94. The minimum atomic E-state index is -0.241. The van der Waals surface area contributed by atoms with Gasteiger partial charge in [0.2, 0.25) is 0 Å². The van der Waals surface area contributed by atoms with Crippen LogP contribution in [-0.2, 0) is 0 Å². The smallest absolute Gasteiger partial charge is 0.128 e. The second kappa shape index (κ2) is 4.72. The number of rotatable bonds is 0. The summed E-state index contributed by atoms with van der Waals surface area (Å²) in [7, 11) is 0. The van der Waals surface area contributed by atoms with Crippen molar-refractivity contribution >= 4 is 5.69 Å².